The van der Waals surface area contributed by atoms with E-state index in [0.717, 1.165) is 12.5 Å². The molecule has 3 N–H and O–H groups in total. The molecule has 28 heavy (non-hydrogen) atoms. The normalized spacial score (nSPS) is 12.3. The topological polar surface area (TPSA) is 113 Å². The van der Waals surface area contributed by atoms with Crippen LogP contribution in [0.4, 0.5) is 5.69 Å². The van der Waals surface area contributed by atoms with E-state index in [1.807, 2.05) is 13.8 Å². The standard InChI is InChI=1S/C20H24N2O5S/c1-5-13(3)21-19(23)16-8-6-7-9-17(16)22-28(26,27)18-11-15(20(24)25)10-12(2)14(18)4/h6-11,13,22H,5H2,1-4H3,(H,21,23)(H,24,25). The van der Waals surface area contributed by atoms with E-state index in [-0.39, 0.29) is 33.7 Å². The summed E-state index contributed by atoms with van der Waals surface area (Å²) < 4.78 is 28.4. The number of sulfonamides is 1. The van der Waals surface area contributed by atoms with Gasteiger partial charge < -0.3 is 10.4 Å². The van der Waals surface area contributed by atoms with Crippen molar-refractivity contribution in [3.05, 3.63) is 58.7 Å². The summed E-state index contributed by atoms with van der Waals surface area (Å²) in [6, 6.07) is 8.76. The molecule has 7 nitrogen and oxygen atoms in total. The van der Waals surface area contributed by atoms with E-state index in [9.17, 15) is 23.1 Å². The Hall–Kier alpha value is -2.87. The highest BCUT2D eigenvalue weighted by molar-refractivity contribution is 7.92. The number of carboxylic acids is 1. The summed E-state index contributed by atoms with van der Waals surface area (Å²) in [6.07, 6.45) is 0.736. The number of carbonyl (C=O) groups is 2. The highest BCUT2D eigenvalue weighted by atomic mass is 32.2. The molecule has 2 rings (SSSR count). The molecule has 0 saturated carbocycles. The van der Waals surface area contributed by atoms with Gasteiger partial charge in [0.05, 0.1) is 21.7 Å². The molecule has 0 aliphatic heterocycles. The highest BCUT2D eigenvalue weighted by Crippen LogP contribution is 2.25. The van der Waals surface area contributed by atoms with Gasteiger partial charge in [0.1, 0.15) is 0 Å². The zero-order valence-corrected chi connectivity index (χ0v) is 17.1. The molecule has 0 saturated heterocycles. The summed E-state index contributed by atoms with van der Waals surface area (Å²) >= 11 is 0. The van der Waals surface area contributed by atoms with Crippen LogP contribution in [-0.4, -0.2) is 31.4 Å². The summed E-state index contributed by atoms with van der Waals surface area (Å²) in [5.41, 5.74) is 1.18. The fourth-order valence-electron chi connectivity index (χ4n) is 2.60. The second-order valence-electron chi connectivity index (χ2n) is 6.66. The zero-order valence-electron chi connectivity index (χ0n) is 16.2. The molecule has 1 amide bonds. The van der Waals surface area contributed by atoms with Crippen molar-refractivity contribution in [2.75, 3.05) is 4.72 Å². The van der Waals surface area contributed by atoms with Gasteiger partial charge in [-0.15, -0.1) is 0 Å². The number of carboxylic acid groups (broad SMARTS) is 1. The number of anilines is 1. The predicted octanol–water partition coefficient (Wildman–Crippen LogP) is 3.33. The smallest absolute Gasteiger partial charge is 0.335 e. The van der Waals surface area contributed by atoms with Crippen LogP contribution in [0.3, 0.4) is 0 Å². The van der Waals surface area contributed by atoms with Gasteiger partial charge in [-0.1, -0.05) is 19.1 Å². The fraction of sp³-hybridized carbons (Fsp3) is 0.300. The molecule has 1 unspecified atom stereocenters. The van der Waals surface area contributed by atoms with Crippen molar-refractivity contribution in [3.8, 4) is 0 Å². The molecule has 0 fully saturated rings. The molecule has 0 spiro atoms. The van der Waals surface area contributed by atoms with Crippen molar-refractivity contribution >= 4 is 27.6 Å². The Morgan fingerprint density at radius 3 is 2.39 bits per heavy atom. The second kappa shape index (κ2) is 8.43. The number of amides is 1. The maximum absolute atomic E-state index is 13.0. The molecule has 8 heteroatoms. The molecule has 1 atom stereocenters. The summed E-state index contributed by atoms with van der Waals surface area (Å²) in [7, 11) is -4.11. The third kappa shape index (κ3) is 4.69. The van der Waals surface area contributed by atoms with Crippen LogP contribution in [0.25, 0.3) is 0 Å². The van der Waals surface area contributed by atoms with E-state index in [1.54, 1.807) is 26.0 Å². The number of aromatic carboxylic acids is 1. The van der Waals surface area contributed by atoms with Gasteiger partial charge in [0, 0.05) is 6.04 Å². The molecular formula is C20H24N2O5S. The van der Waals surface area contributed by atoms with Crippen LogP contribution in [0.1, 0.15) is 52.1 Å². The highest BCUT2D eigenvalue weighted by Gasteiger charge is 2.23. The van der Waals surface area contributed by atoms with Crippen LogP contribution >= 0.6 is 0 Å². The van der Waals surface area contributed by atoms with E-state index in [2.05, 4.69) is 10.0 Å². The first-order valence-electron chi connectivity index (χ1n) is 8.84. The Morgan fingerprint density at radius 2 is 1.79 bits per heavy atom. The lowest BCUT2D eigenvalue weighted by Crippen LogP contribution is -2.32. The quantitative estimate of drug-likeness (QED) is 0.655. The average molecular weight is 404 g/mol. The molecule has 0 bridgehead atoms. The van der Waals surface area contributed by atoms with E-state index < -0.39 is 16.0 Å². The summed E-state index contributed by atoms with van der Waals surface area (Å²) in [4.78, 5) is 23.7. The van der Waals surface area contributed by atoms with Crippen LogP contribution in [-0.2, 0) is 10.0 Å². The molecule has 0 aliphatic carbocycles. The van der Waals surface area contributed by atoms with Gasteiger partial charge in [0.15, 0.2) is 0 Å². The number of carbonyl (C=O) groups excluding carboxylic acids is 1. The van der Waals surface area contributed by atoms with Crippen LogP contribution in [0, 0.1) is 13.8 Å². The molecule has 2 aromatic rings. The number of nitrogens with one attached hydrogen (secondary N) is 2. The first-order chi connectivity index (χ1) is 13.1. The molecule has 0 radical (unpaired) electrons. The van der Waals surface area contributed by atoms with Crippen molar-refractivity contribution in [1.29, 1.82) is 0 Å². The largest absolute Gasteiger partial charge is 0.478 e. The summed E-state index contributed by atoms with van der Waals surface area (Å²) in [5, 5.41) is 12.0. The Labute approximate surface area is 164 Å². The van der Waals surface area contributed by atoms with Gasteiger partial charge in [-0.25, -0.2) is 13.2 Å². The van der Waals surface area contributed by atoms with Crippen LogP contribution < -0.4 is 10.0 Å². The maximum atomic E-state index is 13.0. The van der Waals surface area contributed by atoms with Gasteiger partial charge in [-0.2, -0.15) is 0 Å². The molecule has 150 valence electrons. The number of hydrogen-bond acceptors (Lipinski definition) is 4. The minimum atomic E-state index is -4.11. The van der Waals surface area contributed by atoms with Gasteiger partial charge in [-0.3, -0.25) is 9.52 Å². The van der Waals surface area contributed by atoms with Gasteiger partial charge >= 0.3 is 5.97 Å². The van der Waals surface area contributed by atoms with Crippen molar-refractivity contribution in [3.63, 3.8) is 0 Å². The van der Waals surface area contributed by atoms with Crippen molar-refractivity contribution in [1.82, 2.24) is 5.32 Å². The van der Waals surface area contributed by atoms with E-state index in [4.69, 9.17) is 0 Å². The van der Waals surface area contributed by atoms with Crippen molar-refractivity contribution in [2.24, 2.45) is 0 Å². The van der Waals surface area contributed by atoms with Gasteiger partial charge in [0.25, 0.3) is 15.9 Å². The molecule has 2 aromatic carbocycles. The van der Waals surface area contributed by atoms with E-state index >= 15 is 0 Å². The Balaban J connectivity index is 2.47. The zero-order chi connectivity index (χ0) is 21.1. The monoisotopic (exact) mass is 404 g/mol. The Bertz CT molecular complexity index is 1020. The third-order valence-corrected chi connectivity index (χ3v) is 6.05. The first kappa shape index (κ1) is 21.4. The lowest BCUT2D eigenvalue weighted by atomic mass is 10.1. The molecule has 0 aromatic heterocycles. The number of rotatable bonds is 7. The number of aryl methyl sites for hydroxylation is 1. The summed E-state index contributed by atoms with van der Waals surface area (Å²) in [6.45, 7) is 7.04. The summed E-state index contributed by atoms with van der Waals surface area (Å²) in [5.74, 6) is -1.60. The third-order valence-electron chi connectivity index (χ3n) is 4.56. The molecule has 0 heterocycles. The number of hydrogen-bond donors (Lipinski definition) is 3. The first-order valence-corrected chi connectivity index (χ1v) is 10.3. The van der Waals surface area contributed by atoms with Crippen LogP contribution in [0.2, 0.25) is 0 Å². The average Bonchev–Trinajstić information content (AvgIpc) is 2.63. The fourth-order valence-corrected chi connectivity index (χ4v) is 4.03. The van der Waals surface area contributed by atoms with Crippen LogP contribution in [0.5, 0.6) is 0 Å². The van der Waals surface area contributed by atoms with Crippen molar-refractivity contribution in [2.45, 2.75) is 45.1 Å². The maximum Gasteiger partial charge on any atom is 0.335 e. The second-order valence-corrected chi connectivity index (χ2v) is 8.31. The Kier molecular flexibility index (Phi) is 6.45. The Morgan fingerprint density at radius 1 is 1.14 bits per heavy atom. The predicted molar refractivity (Wildman–Crippen MR) is 107 cm³/mol. The van der Waals surface area contributed by atoms with E-state index in [0.29, 0.717) is 11.1 Å². The lowest BCUT2D eigenvalue weighted by Gasteiger charge is -2.17. The van der Waals surface area contributed by atoms with Crippen LogP contribution in [0.15, 0.2) is 41.3 Å². The lowest BCUT2D eigenvalue weighted by molar-refractivity contribution is 0.0696. The molecular weight excluding hydrogens is 380 g/mol. The molecule has 0 aliphatic rings. The minimum absolute atomic E-state index is 0.0608. The van der Waals surface area contributed by atoms with Gasteiger partial charge in [-0.05, 0) is 62.6 Å². The van der Waals surface area contributed by atoms with Gasteiger partial charge in [0.2, 0.25) is 0 Å². The van der Waals surface area contributed by atoms with Crippen molar-refractivity contribution < 1.29 is 23.1 Å². The number of para-hydroxylation sites is 1. The van der Waals surface area contributed by atoms with E-state index in [1.165, 1.54) is 18.2 Å². The SMILES string of the molecule is CCC(C)NC(=O)c1ccccc1NS(=O)(=O)c1cc(C(=O)O)cc(C)c1C. The minimum Gasteiger partial charge on any atom is -0.478 e. The number of benzene rings is 2.